The maximum absolute atomic E-state index is 11.3. The van der Waals surface area contributed by atoms with E-state index in [-0.39, 0.29) is 12.5 Å². The second-order valence-electron chi connectivity index (χ2n) is 4.13. The molecule has 0 aromatic carbocycles. The van der Waals surface area contributed by atoms with Gasteiger partial charge in [0.1, 0.15) is 10.9 Å². The standard InChI is InChI=1S/C10H19NO4S/c1-10(2,3)15-9(13)11-6-7(16-5)8(12)14-4/h7H,6H2,1-5H3,(H,11,13). The zero-order valence-corrected chi connectivity index (χ0v) is 11.1. The van der Waals surface area contributed by atoms with Gasteiger partial charge in [0.2, 0.25) is 0 Å². The average Bonchev–Trinajstić information content (AvgIpc) is 2.15. The lowest BCUT2D eigenvalue weighted by Crippen LogP contribution is -2.38. The molecule has 0 bridgehead atoms. The summed E-state index contributed by atoms with van der Waals surface area (Å²) >= 11 is 1.32. The van der Waals surface area contributed by atoms with Gasteiger partial charge in [0.05, 0.1) is 7.11 Å². The van der Waals surface area contributed by atoms with Crippen molar-refractivity contribution < 1.29 is 19.1 Å². The molecule has 16 heavy (non-hydrogen) atoms. The number of nitrogens with one attached hydrogen (secondary N) is 1. The van der Waals surface area contributed by atoms with Crippen LogP contribution >= 0.6 is 11.8 Å². The smallest absolute Gasteiger partial charge is 0.407 e. The lowest BCUT2D eigenvalue weighted by molar-refractivity contribution is -0.139. The van der Waals surface area contributed by atoms with E-state index in [9.17, 15) is 9.59 Å². The van der Waals surface area contributed by atoms with Gasteiger partial charge in [-0.25, -0.2) is 4.79 Å². The van der Waals surface area contributed by atoms with Gasteiger partial charge in [-0.1, -0.05) is 0 Å². The third kappa shape index (κ3) is 6.55. The molecule has 1 unspecified atom stereocenters. The highest BCUT2D eigenvalue weighted by Gasteiger charge is 2.21. The first-order valence-electron chi connectivity index (χ1n) is 4.87. The predicted molar refractivity (Wildman–Crippen MR) is 63.6 cm³/mol. The van der Waals surface area contributed by atoms with Gasteiger partial charge in [0.25, 0.3) is 0 Å². The number of alkyl carbamates (subject to hydrolysis) is 1. The number of thioether (sulfide) groups is 1. The Morgan fingerprint density at radius 1 is 1.38 bits per heavy atom. The molecule has 6 heteroatoms. The number of hydrogen-bond acceptors (Lipinski definition) is 5. The molecule has 94 valence electrons. The maximum Gasteiger partial charge on any atom is 0.407 e. The van der Waals surface area contributed by atoms with E-state index in [1.165, 1.54) is 18.9 Å². The molecule has 0 radical (unpaired) electrons. The zero-order chi connectivity index (χ0) is 12.8. The SMILES string of the molecule is COC(=O)C(CNC(=O)OC(C)(C)C)SC. The minimum atomic E-state index is -0.537. The van der Waals surface area contributed by atoms with Crippen LogP contribution in [-0.2, 0) is 14.3 Å². The molecule has 0 aliphatic carbocycles. The molecular formula is C10H19NO4S. The van der Waals surface area contributed by atoms with Crippen molar-refractivity contribution in [3.05, 3.63) is 0 Å². The van der Waals surface area contributed by atoms with E-state index in [0.717, 1.165) is 0 Å². The van der Waals surface area contributed by atoms with E-state index in [1.54, 1.807) is 27.0 Å². The lowest BCUT2D eigenvalue weighted by atomic mass is 10.2. The average molecular weight is 249 g/mol. The number of rotatable bonds is 4. The molecule has 0 rings (SSSR count). The van der Waals surface area contributed by atoms with Crippen LogP contribution in [-0.4, -0.2) is 42.8 Å². The van der Waals surface area contributed by atoms with Crippen molar-refractivity contribution >= 4 is 23.8 Å². The molecule has 0 heterocycles. The Kier molecular flexibility index (Phi) is 6.25. The Labute approximate surface area is 100 Å². The van der Waals surface area contributed by atoms with Gasteiger partial charge in [0.15, 0.2) is 0 Å². The first-order valence-corrected chi connectivity index (χ1v) is 6.16. The van der Waals surface area contributed by atoms with Gasteiger partial charge in [-0.15, -0.1) is 11.8 Å². The predicted octanol–water partition coefficient (Wildman–Crippen LogP) is 1.42. The Morgan fingerprint density at radius 3 is 2.31 bits per heavy atom. The number of ether oxygens (including phenoxy) is 2. The normalized spacial score (nSPS) is 12.8. The lowest BCUT2D eigenvalue weighted by Gasteiger charge is -2.20. The van der Waals surface area contributed by atoms with E-state index in [4.69, 9.17) is 4.74 Å². The van der Waals surface area contributed by atoms with Crippen molar-refractivity contribution in [3.63, 3.8) is 0 Å². The summed E-state index contributed by atoms with van der Waals surface area (Å²) < 4.78 is 9.62. The summed E-state index contributed by atoms with van der Waals surface area (Å²) in [6.07, 6.45) is 1.24. The number of carbonyl (C=O) groups is 2. The first kappa shape index (κ1) is 15.1. The summed E-state index contributed by atoms with van der Waals surface area (Å²) in [5, 5.41) is 2.12. The molecule has 0 saturated carbocycles. The molecule has 0 aromatic heterocycles. The maximum atomic E-state index is 11.3. The molecule has 1 amide bonds. The Bertz CT molecular complexity index is 250. The summed E-state index contributed by atoms with van der Waals surface area (Å²) in [4.78, 5) is 22.5. The molecule has 0 aliphatic rings. The van der Waals surface area contributed by atoms with E-state index in [0.29, 0.717) is 0 Å². The van der Waals surface area contributed by atoms with Crippen molar-refractivity contribution in [1.29, 1.82) is 0 Å². The topological polar surface area (TPSA) is 64.6 Å². The van der Waals surface area contributed by atoms with Gasteiger partial charge in [0, 0.05) is 6.54 Å². The summed E-state index contributed by atoms with van der Waals surface area (Å²) in [5.41, 5.74) is -0.537. The minimum absolute atomic E-state index is 0.197. The second kappa shape index (κ2) is 6.62. The zero-order valence-electron chi connectivity index (χ0n) is 10.3. The quantitative estimate of drug-likeness (QED) is 0.763. The Hall–Kier alpha value is -0.910. The second-order valence-corrected chi connectivity index (χ2v) is 5.17. The molecule has 1 N–H and O–H groups in total. The minimum Gasteiger partial charge on any atom is -0.468 e. The molecule has 0 spiro atoms. The molecule has 0 saturated heterocycles. The number of methoxy groups -OCH3 is 1. The molecular weight excluding hydrogens is 230 g/mol. The fourth-order valence-corrected chi connectivity index (χ4v) is 1.42. The van der Waals surface area contributed by atoms with E-state index >= 15 is 0 Å². The summed E-state index contributed by atoms with van der Waals surface area (Å²) in [6, 6.07) is 0. The van der Waals surface area contributed by atoms with Crippen molar-refractivity contribution in [2.75, 3.05) is 19.9 Å². The Morgan fingerprint density at radius 2 is 1.94 bits per heavy atom. The number of carbonyl (C=O) groups excluding carboxylic acids is 2. The van der Waals surface area contributed by atoms with Crippen LogP contribution in [0.4, 0.5) is 4.79 Å². The van der Waals surface area contributed by atoms with Crippen molar-refractivity contribution in [2.45, 2.75) is 31.6 Å². The van der Waals surface area contributed by atoms with E-state index in [2.05, 4.69) is 10.1 Å². The highest BCUT2D eigenvalue weighted by atomic mass is 32.2. The van der Waals surface area contributed by atoms with Crippen molar-refractivity contribution in [1.82, 2.24) is 5.32 Å². The summed E-state index contributed by atoms with van der Waals surface area (Å²) in [7, 11) is 1.32. The molecule has 0 fully saturated rings. The molecule has 0 aliphatic heterocycles. The monoisotopic (exact) mass is 249 g/mol. The summed E-state index contributed by atoms with van der Waals surface area (Å²) in [6.45, 7) is 5.53. The van der Waals surface area contributed by atoms with Crippen LogP contribution in [0, 0.1) is 0 Å². The number of hydrogen-bond donors (Lipinski definition) is 1. The van der Waals surface area contributed by atoms with Gasteiger partial charge in [-0.2, -0.15) is 0 Å². The fraction of sp³-hybridized carbons (Fsp3) is 0.800. The molecule has 0 aromatic rings. The van der Waals surface area contributed by atoms with Crippen LogP contribution in [0.25, 0.3) is 0 Å². The van der Waals surface area contributed by atoms with Crippen LogP contribution in [0.5, 0.6) is 0 Å². The van der Waals surface area contributed by atoms with Crippen LogP contribution < -0.4 is 5.32 Å². The van der Waals surface area contributed by atoms with Gasteiger partial charge < -0.3 is 14.8 Å². The number of amides is 1. The van der Waals surface area contributed by atoms with E-state index in [1.807, 2.05) is 0 Å². The highest BCUT2D eigenvalue weighted by molar-refractivity contribution is 7.99. The van der Waals surface area contributed by atoms with Crippen LogP contribution in [0.1, 0.15) is 20.8 Å². The molecule has 5 nitrogen and oxygen atoms in total. The van der Waals surface area contributed by atoms with Crippen LogP contribution in [0.3, 0.4) is 0 Å². The van der Waals surface area contributed by atoms with Crippen molar-refractivity contribution in [3.8, 4) is 0 Å². The largest absolute Gasteiger partial charge is 0.468 e. The molecule has 1 atom stereocenters. The highest BCUT2D eigenvalue weighted by Crippen LogP contribution is 2.09. The fourth-order valence-electron chi connectivity index (χ4n) is 0.885. The van der Waals surface area contributed by atoms with Crippen LogP contribution in [0.2, 0.25) is 0 Å². The Balaban J connectivity index is 4.03. The van der Waals surface area contributed by atoms with E-state index < -0.39 is 16.9 Å². The van der Waals surface area contributed by atoms with Crippen LogP contribution in [0.15, 0.2) is 0 Å². The first-order chi connectivity index (χ1) is 7.30. The van der Waals surface area contributed by atoms with Crippen molar-refractivity contribution in [2.24, 2.45) is 0 Å². The van der Waals surface area contributed by atoms with Gasteiger partial charge >= 0.3 is 12.1 Å². The van der Waals surface area contributed by atoms with Gasteiger partial charge in [-0.05, 0) is 27.0 Å². The van der Waals surface area contributed by atoms with Gasteiger partial charge in [-0.3, -0.25) is 4.79 Å². The summed E-state index contributed by atoms with van der Waals surface area (Å²) in [5.74, 6) is -0.358. The third-order valence-corrected chi connectivity index (χ3v) is 2.51. The third-order valence-electron chi connectivity index (χ3n) is 1.58. The number of esters is 1.